The first kappa shape index (κ1) is 19.8. The van der Waals surface area contributed by atoms with Gasteiger partial charge in [-0.05, 0) is 31.0 Å². The summed E-state index contributed by atoms with van der Waals surface area (Å²) in [5.41, 5.74) is 5.68. The minimum atomic E-state index is -3.90. The Kier molecular flexibility index (Phi) is 7.22. The van der Waals surface area contributed by atoms with E-state index in [1.807, 2.05) is 0 Å². The van der Waals surface area contributed by atoms with Gasteiger partial charge in [0.25, 0.3) is 0 Å². The summed E-state index contributed by atoms with van der Waals surface area (Å²) >= 11 is 3.12. The molecule has 0 aliphatic carbocycles. The van der Waals surface area contributed by atoms with Crippen LogP contribution in [0.2, 0.25) is 0 Å². The van der Waals surface area contributed by atoms with Crippen molar-refractivity contribution in [3.63, 3.8) is 0 Å². The van der Waals surface area contributed by atoms with Gasteiger partial charge >= 0.3 is 0 Å². The van der Waals surface area contributed by atoms with Gasteiger partial charge in [0, 0.05) is 30.7 Å². The van der Waals surface area contributed by atoms with Crippen LogP contribution in [-0.4, -0.2) is 45.1 Å². The topological polar surface area (TPSA) is 72.6 Å². The summed E-state index contributed by atoms with van der Waals surface area (Å²) in [4.78, 5) is -0.319. The molecule has 0 aromatic heterocycles. The largest absolute Gasteiger partial charge is 0.381 e. The number of halogens is 3. The van der Waals surface area contributed by atoms with Gasteiger partial charge in [0.1, 0.15) is 10.7 Å². The van der Waals surface area contributed by atoms with Crippen LogP contribution in [0.3, 0.4) is 0 Å². The number of nitrogens with two attached hydrogens (primary N) is 1. The molecule has 22 heavy (non-hydrogen) atoms. The summed E-state index contributed by atoms with van der Waals surface area (Å²) in [6.07, 6.45) is 1.08. The lowest BCUT2D eigenvalue weighted by molar-refractivity contribution is 0.0401. The summed E-state index contributed by atoms with van der Waals surface area (Å²) in [6, 6.07) is 3.54. The molecule has 5 nitrogen and oxygen atoms in total. The molecule has 1 aliphatic rings. The fourth-order valence-corrected chi connectivity index (χ4v) is 4.59. The molecule has 2 atom stereocenters. The Hall–Kier alpha value is -0.250. The molecule has 1 aromatic rings. The van der Waals surface area contributed by atoms with E-state index in [1.54, 1.807) is 7.11 Å². The van der Waals surface area contributed by atoms with Crippen LogP contribution in [-0.2, 0) is 14.8 Å². The normalized spacial score (nSPS) is 23.1. The molecule has 1 saturated heterocycles. The molecule has 126 valence electrons. The lowest BCUT2D eigenvalue weighted by atomic mass is 10.0. The van der Waals surface area contributed by atoms with E-state index in [1.165, 1.54) is 16.4 Å². The van der Waals surface area contributed by atoms with Crippen molar-refractivity contribution in [1.82, 2.24) is 4.31 Å². The van der Waals surface area contributed by atoms with Gasteiger partial charge < -0.3 is 10.5 Å². The Labute approximate surface area is 144 Å². The lowest BCUT2D eigenvalue weighted by Crippen LogP contribution is -2.51. The van der Waals surface area contributed by atoms with Crippen LogP contribution in [0, 0.1) is 5.82 Å². The molecule has 2 unspecified atom stereocenters. The summed E-state index contributed by atoms with van der Waals surface area (Å²) in [5.74, 6) is -0.769. The molecule has 2 rings (SSSR count). The van der Waals surface area contributed by atoms with Crippen molar-refractivity contribution in [3.05, 3.63) is 28.5 Å². The van der Waals surface area contributed by atoms with Gasteiger partial charge in [0.2, 0.25) is 10.0 Å². The van der Waals surface area contributed by atoms with Crippen LogP contribution in [0.15, 0.2) is 27.6 Å². The van der Waals surface area contributed by atoms with Gasteiger partial charge in [-0.25, -0.2) is 12.8 Å². The quantitative estimate of drug-likeness (QED) is 0.814. The maximum absolute atomic E-state index is 14.0. The van der Waals surface area contributed by atoms with Gasteiger partial charge in [-0.3, -0.25) is 0 Å². The molecule has 0 saturated carbocycles. The highest BCUT2D eigenvalue weighted by Gasteiger charge is 2.37. The summed E-state index contributed by atoms with van der Waals surface area (Å²) in [7, 11) is -2.31. The van der Waals surface area contributed by atoms with Crippen molar-refractivity contribution in [3.8, 4) is 0 Å². The molecule has 1 aromatic carbocycles. The number of methoxy groups -OCH3 is 1. The number of ether oxygens (including phenoxy) is 1. The zero-order valence-corrected chi connectivity index (χ0v) is 15.3. The molecule has 0 radical (unpaired) electrons. The number of hydrogen-bond acceptors (Lipinski definition) is 4. The predicted octanol–water partition coefficient (Wildman–Crippen LogP) is 2.14. The van der Waals surface area contributed by atoms with Crippen molar-refractivity contribution in [1.29, 1.82) is 0 Å². The van der Waals surface area contributed by atoms with E-state index in [2.05, 4.69) is 15.9 Å². The van der Waals surface area contributed by atoms with E-state index in [9.17, 15) is 12.8 Å². The number of nitrogens with zero attached hydrogens (tertiary/aromatic N) is 1. The third-order valence-corrected chi connectivity index (χ3v) is 6.18. The lowest BCUT2D eigenvalue weighted by Gasteiger charge is -2.37. The van der Waals surface area contributed by atoms with Gasteiger partial charge in [-0.2, -0.15) is 4.31 Å². The minimum Gasteiger partial charge on any atom is -0.381 e. The van der Waals surface area contributed by atoms with Crippen LogP contribution in [0.1, 0.15) is 12.8 Å². The zero-order valence-electron chi connectivity index (χ0n) is 12.0. The average molecular weight is 418 g/mol. The van der Waals surface area contributed by atoms with Gasteiger partial charge in [-0.15, -0.1) is 12.4 Å². The summed E-state index contributed by atoms with van der Waals surface area (Å²) in [5, 5.41) is 0. The fourth-order valence-electron chi connectivity index (χ4n) is 2.55. The van der Waals surface area contributed by atoms with Crippen LogP contribution < -0.4 is 5.73 Å². The number of piperidine rings is 1. The molecule has 1 heterocycles. The minimum absolute atomic E-state index is 0. The van der Waals surface area contributed by atoms with Gasteiger partial charge in [0.15, 0.2) is 0 Å². The van der Waals surface area contributed by atoms with Crippen molar-refractivity contribution in [2.75, 3.05) is 20.2 Å². The van der Waals surface area contributed by atoms with Crippen molar-refractivity contribution < 1.29 is 17.5 Å². The maximum atomic E-state index is 14.0. The van der Waals surface area contributed by atoms with Crippen molar-refractivity contribution >= 4 is 38.4 Å². The van der Waals surface area contributed by atoms with Crippen LogP contribution >= 0.6 is 28.3 Å². The summed E-state index contributed by atoms with van der Waals surface area (Å²) < 4.78 is 46.4. The highest BCUT2D eigenvalue weighted by Crippen LogP contribution is 2.28. The van der Waals surface area contributed by atoms with Crippen molar-refractivity contribution in [2.24, 2.45) is 5.73 Å². The molecular weight excluding hydrogens is 399 g/mol. The van der Waals surface area contributed by atoms with E-state index < -0.39 is 15.8 Å². The standard InChI is InChI=1S/C13H18BrFN2O3S.ClH/c1-20-11-4-5-17(10(7-11)8-16)21(18,19)13-3-2-9(14)6-12(13)15;/h2-3,6,10-11H,4-5,7-8,16H2,1H3;1H. The second-order valence-electron chi connectivity index (χ2n) is 4.96. The highest BCUT2D eigenvalue weighted by atomic mass is 79.9. The van der Waals surface area contributed by atoms with Crippen LogP contribution in [0.25, 0.3) is 0 Å². The third kappa shape index (κ3) is 3.98. The highest BCUT2D eigenvalue weighted by molar-refractivity contribution is 9.10. The average Bonchev–Trinajstić information content (AvgIpc) is 2.46. The molecule has 0 amide bonds. The molecule has 1 aliphatic heterocycles. The smallest absolute Gasteiger partial charge is 0.246 e. The van der Waals surface area contributed by atoms with E-state index in [0.717, 1.165) is 6.07 Å². The monoisotopic (exact) mass is 416 g/mol. The first-order chi connectivity index (χ1) is 9.90. The fraction of sp³-hybridized carbons (Fsp3) is 0.538. The Bertz CT molecular complexity index is 617. The Morgan fingerprint density at radius 1 is 1.50 bits per heavy atom. The van der Waals surface area contributed by atoms with E-state index in [4.69, 9.17) is 10.5 Å². The predicted molar refractivity (Wildman–Crippen MR) is 88.1 cm³/mol. The zero-order chi connectivity index (χ0) is 15.6. The maximum Gasteiger partial charge on any atom is 0.246 e. The van der Waals surface area contributed by atoms with Gasteiger partial charge in [-0.1, -0.05) is 15.9 Å². The Morgan fingerprint density at radius 3 is 2.73 bits per heavy atom. The van der Waals surface area contributed by atoms with Crippen LogP contribution in [0.5, 0.6) is 0 Å². The Morgan fingerprint density at radius 2 is 2.18 bits per heavy atom. The molecule has 0 spiro atoms. The van der Waals surface area contributed by atoms with E-state index in [-0.39, 0.29) is 42.5 Å². The van der Waals surface area contributed by atoms with Crippen molar-refractivity contribution in [2.45, 2.75) is 29.9 Å². The van der Waals surface area contributed by atoms with E-state index >= 15 is 0 Å². The molecule has 9 heteroatoms. The third-order valence-electron chi connectivity index (χ3n) is 3.70. The first-order valence-corrected chi connectivity index (χ1v) is 8.83. The summed E-state index contributed by atoms with van der Waals surface area (Å²) in [6.45, 7) is 0.454. The molecule has 0 bridgehead atoms. The van der Waals surface area contributed by atoms with Gasteiger partial charge in [0.05, 0.1) is 6.10 Å². The second-order valence-corrected chi connectivity index (χ2v) is 7.74. The Balaban J connectivity index is 0.00000242. The molecular formula is C13H19BrClFN2O3S. The SMILES string of the molecule is COC1CCN(S(=O)(=O)c2ccc(Br)cc2F)C(CN)C1.Cl. The number of rotatable bonds is 4. The first-order valence-electron chi connectivity index (χ1n) is 6.60. The van der Waals surface area contributed by atoms with E-state index in [0.29, 0.717) is 17.3 Å². The molecule has 1 fully saturated rings. The molecule has 2 N–H and O–H groups in total. The number of benzene rings is 1. The number of sulfonamides is 1. The second kappa shape index (κ2) is 8.03. The number of hydrogen-bond donors (Lipinski definition) is 1. The van der Waals surface area contributed by atoms with Crippen LogP contribution in [0.4, 0.5) is 4.39 Å².